The van der Waals surface area contributed by atoms with Crippen LogP contribution >= 0.6 is 0 Å². The lowest BCUT2D eigenvalue weighted by atomic mass is 9.96. The first kappa shape index (κ1) is 12.8. The maximum Gasteiger partial charge on any atom is 0.151 e. The van der Waals surface area contributed by atoms with Crippen LogP contribution in [-0.4, -0.2) is 39.4 Å². The van der Waals surface area contributed by atoms with Crippen molar-refractivity contribution in [3.8, 4) is 0 Å². The van der Waals surface area contributed by atoms with Gasteiger partial charge < -0.3 is 20.4 Å². The molecule has 0 aromatic rings. The number of unbranched alkanes of at least 4 members (excludes halogenated alkanes) is 1. The Balaban J connectivity index is 3.50. The van der Waals surface area contributed by atoms with Crippen LogP contribution in [0.25, 0.3) is 0 Å². The maximum absolute atomic E-state index is 9.49. The molecule has 0 aliphatic heterocycles. The molecule has 0 aliphatic rings. The molecule has 4 heteroatoms. The molecule has 80 valence electrons. The van der Waals surface area contributed by atoms with E-state index in [0.29, 0.717) is 12.8 Å². The Morgan fingerprint density at radius 3 is 2.15 bits per heavy atom. The number of hydrogen-bond donors (Lipinski definition) is 4. The molecule has 0 radical (unpaired) electrons. The average Bonchev–Trinajstić information content (AvgIpc) is 2.03. The van der Waals surface area contributed by atoms with E-state index in [0.717, 1.165) is 6.42 Å². The molecule has 2 unspecified atom stereocenters. The van der Waals surface area contributed by atoms with Crippen LogP contribution in [0.1, 0.15) is 32.6 Å². The normalized spacial score (nSPS) is 16.2. The van der Waals surface area contributed by atoms with E-state index in [9.17, 15) is 5.11 Å². The number of rotatable bonds is 7. The predicted octanol–water partition coefficient (Wildman–Crippen LogP) is -0.153. The van der Waals surface area contributed by atoms with Crippen molar-refractivity contribution in [1.82, 2.24) is 0 Å². The highest BCUT2D eigenvalue weighted by molar-refractivity contribution is 4.65. The summed E-state index contributed by atoms with van der Waals surface area (Å²) in [6.45, 7) is 1.92. The molecule has 0 spiro atoms. The molecule has 0 aromatic heterocycles. The van der Waals surface area contributed by atoms with E-state index < -0.39 is 12.4 Å². The van der Waals surface area contributed by atoms with Gasteiger partial charge in [0.2, 0.25) is 0 Å². The third-order valence-corrected chi connectivity index (χ3v) is 2.15. The van der Waals surface area contributed by atoms with Crippen LogP contribution in [0.5, 0.6) is 0 Å². The molecule has 4 N–H and O–H groups in total. The maximum atomic E-state index is 9.49. The van der Waals surface area contributed by atoms with Crippen LogP contribution < -0.4 is 0 Å². The fourth-order valence-corrected chi connectivity index (χ4v) is 1.24. The topological polar surface area (TPSA) is 80.9 Å². The SMILES string of the molecule is CC(CC(O)O)C(O)CCCCO. The molecule has 0 saturated carbocycles. The van der Waals surface area contributed by atoms with Gasteiger partial charge in [-0.2, -0.15) is 0 Å². The van der Waals surface area contributed by atoms with Crippen LogP contribution in [-0.2, 0) is 0 Å². The number of aliphatic hydroxyl groups excluding tert-OH is 3. The van der Waals surface area contributed by atoms with E-state index in [1.807, 2.05) is 0 Å². The van der Waals surface area contributed by atoms with Crippen molar-refractivity contribution in [3.05, 3.63) is 0 Å². The summed E-state index contributed by atoms with van der Waals surface area (Å²) in [5.41, 5.74) is 0. The van der Waals surface area contributed by atoms with Gasteiger partial charge in [-0.3, -0.25) is 0 Å². The summed E-state index contributed by atoms with van der Waals surface area (Å²) in [5, 5.41) is 35.3. The van der Waals surface area contributed by atoms with Crippen LogP contribution in [0.15, 0.2) is 0 Å². The zero-order valence-electron chi connectivity index (χ0n) is 8.06. The molecule has 0 amide bonds. The molecule has 0 fully saturated rings. The van der Waals surface area contributed by atoms with Gasteiger partial charge in [0.15, 0.2) is 6.29 Å². The van der Waals surface area contributed by atoms with Gasteiger partial charge >= 0.3 is 0 Å². The van der Waals surface area contributed by atoms with Gasteiger partial charge in [0, 0.05) is 13.0 Å². The van der Waals surface area contributed by atoms with Crippen molar-refractivity contribution in [2.24, 2.45) is 5.92 Å². The molecule has 4 nitrogen and oxygen atoms in total. The quantitative estimate of drug-likeness (QED) is 0.334. The monoisotopic (exact) mass is 192 g/mol. The zero-order valence-corrected chi connectivity index (χ0v) is 8.06. The number of hydrogen-bond acceptors (Lipinski definition) is 4. The molecule has 0 aromatic carbocycles. The average molecular weight is 192 g/mol. The van der Waals surface area contributed by atoms with Gasteiger partial charge in [-0.1, -0.05) is 6.92 Å². The zero-order chi connectivity index (χ0) is 10.3. The third-order valence-electron chi connectivity index (χ3n) is 2.15. The van der Waals surface area contributed by atoms with Crippen LogP contribution in [0.2, 0.25) is 0 Å². The van der Waals surface area contributed by atoms with E-state index in [2.05, 4.69) is 0 Å². The Morgan fingerprint density at radius 2 is 1.69 bits per heavy atom. The first-order chi connectivity index (χ1) is 6.07. The third kappa shape index (κ3) is 6.95. The predicted molar refractivity (Wildman–Crippen MR) is 49.0 cm³/mol. The highest BCUT2D eigenvalue weighted by Crippen LogP contribution is 2.15. The van der Waals surface area contributed by atoms with Gasteiger partial charge in [-0.05, 0) is 25.2 Å². The second-order valence-electron chi connectivity index (χ2n) is 3.48. The minimum atomic E-state index is -1.34. The smallest absolute Gasteiger partial charge is 0.151 e. The molecular formula is C9H20O4. The number of aliphatic hydroxyl groups is 4. The minimum Gasteiger partial charge on any atom is -0.396 e. The first-order valence-corrected chi connectivity index (χ1v) is 4.73. The Hall–Kier alpha value is -0.160. The lowest BCUT2D eigenvalue weighted by molar-refractivity contribution is -0.0676. The lowest BCUT2D eigenvalue weighted by Gasteiger charge is -2.19. The van der Waals surface area contributed by atoms with Crippen molar-refractivity contribution in [1.29, 1.82) is 0 Å². The lowest BCUT2D eigenvalue weighted by Crippen LogP contribution is -2.22. The van der Waals surface area contributed by atoms with Crippen molar-refractivity contribution < 1.29 is 20.4 Å². The van der Waals surface area contributed by atoms with Gasteiger partial charge in [0.1, 0.15) is 0 Å². The van der Waals surface area contributed by atoms with Crippen LogP contribution in [0.3, 0.4) is 0 Å². The van der Waals surface area contributed by atoms with Gasteiger partial charge in [-0.25, -0.2) is 0 Å². The fraction of sp³-hybridized carbons (Fsp3) is 1.00. The van der Waals surface area contributed by atoms with Crippen LogP contribution in [0, 0.1) is 5.92 Å². The second-order valence-corrected chi connectivity index (χ2v) is 3.48. The summed E-state index contributed by atoms with van der Waals surface area (Å²) in [6.07, 6.45) is 0.403. The molecule has 0 rings (SSSR count). The highest BCUT2D eigenvalue weighted by atomic mass is 16.5. The molecule has 0 saturated heterocycles. The van der Waals surface area contributed by atoms with E-state index in [4.69, 9.17) is 15.3 Å². The summed E-state index contributed by atoms with van der Waals surface area (Å²) in [5.74, 6) is -0.112. The van der Waals surface area contributed by atoms with E-state index >= 15 is 0 Å². The van der Waals surface area contributed by atoms with Crippen molar-refractivity contribution in [2.45, 2.75) is 45.0 Å². The van der Waals surface area contributed by atoms with Crippen molar-refractivity contribution in [3.63, 3.8) is 0 Å². The first-order valence-electron chi connectivity index (χ1n) is 4.73. The van der Waals surface area contributed by atoms with Gasteiger partial charge in [0.05, 0.1) is 6.10 Å². The molecule has 0 aliphatic carbocycles. The van der Waals surface area contributed by atoms with E-state index in [-0.39, 0.29) is 18.9 Å². The van der Waals surface area contributed by atoms with E-state index in [1.165, 1.54) is 0 Å². The van der Waals surface area contributed by atoms with Gasteiger partial charge in [0.25, 0.3) is 0 Å². The van der Waals surface area contributed by atoms with Crippen molar-refractivity contribution >= 4 is 0 Å². The Labute approximate surface area is 78.8 Å². The summed E-state index contributed by atoms with van der Waals surface area (Å²) in [6, 6.07) is 0. The Morgan fingerprint density at radius 1 is 1.08 bits per heavy atom. The molecular weight excluding hydrogens is 172 g/mol. The molecule has 2 atom stereocenters. The summed E-state index contributed by atoms with van der Waals surface area (Å²) in [4.78, 5) is 0. The van der Waals surface area contributed by atoms with E-state index in [1.54, 1.807) is 6.92 Å². The standard InChI is InChI=1S/C9H20O4/c1-7(6-9(12)13)8(11)4-2-3-5-10/h7-13H,2-6H2,1H3. The summed E-state index contributed by atoms with van der Waals surface area (Å²) >= 11 is 0. The highest BCUT2D eigenvalue weighted by Gasteiger charge is 2.16. The summed E-state index contributed by atoms with van der Waals surface area (Å²) in [7, 11) is 0. The largest absolute Gasteiger partial charge is 0.396 e. The Kier molecular flexibility index (Phi) is 7.17. The molecule has 0 heterocycles. The molecule has 13 heavy (non-hydrogen) atoms. The Bertz CT molecular complexity index is 116. The minimum absolute atomic E-state index is 0.112. The fourth-order valence-electron chi connectivity index (χ4n) is 1.24. The van der Waals surface area contributed by atoms with Gasteiger partial charge in [-0.15, -0.1) is 0 Å². The summed E-state index contributed by atoms with van der Waals surface area (Å²) < 4.78 is 0. The van der Waals surface area contributed by atoms with Crippen LogP contribution in [0.4, 0.5) is 0 Å². The van der Waals surface area contributed by atoms with Crippen molar-refractivity contribution in [2.75, 3.05) is 6.61 Å². The second kappa shape index (κ2) is 7.26. The molecule has 0 bridgehead atoms.